The molecule has 0 amide bonds. The fourth-order valence-electron chi connectivity index (χ4n) is 3.25. The minimum atomic E-state index is -3.08. The van der Waals surface area contributed by atoms with Crippen LogP contribution in [0.5, 0.6) is 0 Å². The van der Waals surface area contributed by atoms with Crippen molar-refractivity contribution in [1.82, 2.24) is 9.21 Å². The van der Waals surface area contributed by atoms with Crippen LogP contribution in [0.1, 0.15) is 51.4 Å². The summed E-state index contributed by atoms with van der Waals surface area (Å²) in [6.45, 7) is 6.67. The highest BCUT2D eigenvalue weighted by Crippen LogP contribution is 2.25. The van der Waals surface area contributed by atoms with Gasteiger partial charge in [-0.25, -0.2) is 12.7 Å². The van der Waals surface area contributed by atoms with Gasteiger partial charge in [-0.15, -0.1) is 6.58 Å². The van der Waals surface area contributed by atoms with Gasteiger partial charge in [-0.3, -0.25) is 0 Å². The molecule has 1 aliphatic carbocycles. The van der Waals surface area contributed by atoms with E-state index >= 15 is 0 Å². The normalized spacial score (nSPS) is 22.2. The zero-order valence-corrected chi connectivity index (χ0v) is 16.6. The number of rotatable bonds is 12. The molecule has 0 spiro atoms. The number of unbranched alkanes of at least 4 members (excludes halogenated alkanes) is 3. The highest BCUT2D eigenvalue weighted by molar-refractivity contribution is 7.88. The van der Waals surface area contributed by atoms with E-state index in [0.29, 0.717) is 6.10 Å². The maximum absolute atomic E-state index is 11.6. The van der Waals surface area contributed by atoms with Gasteiger partial charge in [0, 0.05) is 26.2 Å². The first kappa shape index (κ1) is 21.6. The first-order chi connectivity index (χ1) is 11.3. The predicted octanol–water partition coefficient (Wildman–Crippen LogP) is 2.88. The molecule has 142 valence electrons. The summed E-state index contributed by atoms with van der Waals surface area (Å²) in [6, 6.07) is 0.146. The van der Waals surface area contributed by atoms with Gasteiger partial charge in [0.05, 0.1) is 12.4 Å². The summed E-state index contributed by atoms with van der Waals surface area (Å²) in [4.78, 5) is 2.29. The van der Waals surface area contributed by atoms with E-state index in [1.165, 1.54) is 29.8 Å². The molecule has 0 radical (unpaired) electrons. The Hall–Kier alpha value is -0.430. The highest BCUT2D eigenvalue weighted by Gasteiger charge is 2.28. The molecule has 5 nitrogen and oxygen atoms in total. The van der Waals surface area contributed by atoms with Gasteiger partial charge >= 0.3 is 0 Å². The van der Waals surface area contributed by atoms with E-state index < -0.39 is 10.0 Å². The quantitative estimate of drug-likeness (QED) is 0.397. The summed E-state index contributed by atoms with van der Waals surface area (Å²) in [7, 11) is 0.739. The summed E-state index contributed by atoms with van der Waals surface area (Å²) < 4.78 is 30.6. The Morgan fingerprint density at radius 2 is 1.71 bits per heavy atom. The van der Waals surface area contributed by atoms with E-state index in [4.69, 9.17) is 4.74 Å². The van der Waals surface area contributed by atoms with Crippen LogP contribution in [0.3, 0.4) is 0 Å². The van der Waals surface area contributed by atoms with Crippen molar-refractivity contribution in [3.05, 3.63) is 12.7 Å². The summed E-state index contributed by atoms with van der Waals surface area (Å²) >= 11 is 0. The second kappa shape index (κ2) is 11.2. The van der Waals surface area contributed by atoms with Crippen LogP contribution in [0.2, 0.25) is 0 Å². The molecule has 0 aromatic heterocycles. The number of nitrogens with zero attached hydrogens (tertiary/aromatic N) is 2. The minimum Gasteiger partial charge on any atom is -0.378 e. The molecular formula is C18H36N2O3S. The van der Waals surface area contributed by atoms with Gasteiger partial charge in [-0.1, -0.05) is 18.9 Å². The standard InChI is InChI=1S/C18H36N2O3S/c1-5-14-19(2)15-8-6-7-9-16-23-18-12-10-17(11-13-18)20(3)24(4,21)22/h5,17-18H,1,6-16H2,2-4H3/t17-,18-. The molecule has 1 saturated carbocycles. The van der Waals surface area contributed by atoms with E-state index in [9.17, 15) is 8.42 Å². The van der Waals surface area contributed by atoms with Crippen molar-refractivity contribution < 1.29 is 13.2 Å². The Kier molecular flexibility index (Phi) is 10.1. The van der Waals surface area contributed by atoms with Crippen molar-refractivity contribution in [3.8, 4) is 0 Å². The van der Waals surface area contributed by atoms with Gasteiger partial charge in [-0.2, -0.15) is 0 Å². The van der Waals surface area contributed by atoms with Crippen molar-refractivity contribution in [2.45, 2.75) is 63.5 Å². The van der Waals surface area contributed by atoms with Crippen LogP contribution in [-0.4, -0.2) is 69.8 Å². The number of hydrogen-bond donors (Lipinski definition) is 0. The maximum Gasteiger partial charge on any atom is 0.211 e. The molecule has 24 heavy (non-hydrogen) atoms. The molecule has 1 fully saturated rings. The third-order valence-corrected chi connectivity index (χ3v) is 6.25. The van der Waals surface area contributed by atoms with Gasteiger partial charge in [0.15, 0.2) is 0 Å². The van der Waals surface area contributed by atoms with Crippen LogP contribution >= 0.6 is 0 Å². The van der Waals surface area contributed by atoms with E-state index in [2.05, 4.69) is 18.5 Å². The van der Waals surface area contributed by atoms with Crippen molar-refractivity contribution in [2.24, 2.45) is 0 Å². The molecule has 1 aliphatic rings. The van der Waals surface area contributed by atoms with Crippen LogP contribution in [0.4, 0.5) is 0 Å². The number of likely N-dealkylation sites (N-methyl/N-ethyl adjacent to an activating group) is 1. The smallest absolute Gasteiger partial charge is 0.211 e. The lowest BCUT2D eigenvalue weighted by atomic mass is 9.93. The van der Waals surface area contributed by atoms with E-state index in [1.807, 2.05) is 6.08 Å². The number of sulfonamides is 1. The maximum atomic E-state index is 11.6. The van der Waals surface area contributed by atoms with Gasteiger partial charge < -0.3 is 9.64 Å². The molecule has 0 aromatic carbocycles. The lowest BCUT2D eigenvalue weighted by molar-refractivity contribution is 0.0157. The van der Waals surface area contributed by atoms with E-state index in [-0.39, 0.29) is 6.04 Å². The van der Waals surface area contributed by atoms with Crippen molar-refractivity contribution in [3.63, 3.8) is 0 Å². The molecule has 0 N–H and O–H groups in total. The van der Waals surface area contributed by atoms with E-state index in [0.717, 1.165) is 51.8 Å². The SMILES string of the molecule is C=CCN(C)CCCCCCO[C@H]1CC[C@H](N(C)S(C)(=O)=O)CC1. The molecular weight excluding hydrogens is 324 g/mol. The van der Waals surface area contributed by atoms with Crippen molar-refractivity contribution in [2.75, 3.05) is 40.0 Å². The minimum absolute atomic E-state index is 0.146. The Morgan fingerprint density at radius 1 is 1.08 bits per heavy atom. The Bertz CT molecular complexity index is 445. The first-order valence-corrected chi connectivity index (χ1v) is 11.0. The van der Waals surface area contributed by atoms with Gasteiger partial charge in [-0.05, 0) is 52.1 Å². The second-order valence-corrected chi connectivity index (χ2v) is 9.09. The Balaban J connectivity index is 2.03. The molecule has 0 heterocycles. The molecule has 0 aromatic rings. The molecule has 0 atom stereocenters. The van der Waals surface area contributed by atoms with Crippen molar-refractivity contribution in [1.29, 1.82) is 0 Å². The number of hydrogen-bond acceptors (Lipinski definition) is 4. The highest BCUT2D eigenvalue weighted by atomic mass is 32.2. The summed E-state index contributed by atoms with van der Waals surface area (Å²) in [5, 5.41) is 0. The topological polar surface area (TPSA) is 49.9 Å². The zero-order valence-electron chi connectivity index (χ0n) is 15.7. The average molecular weight is 361 g/mol. The molecule has 1 rings (SSSR count). The monoisotopic (exact) mass is 360 g/mol. The molecule has 0 unspecified atom stereocenters. The third-order valence-electron chi connectivity index (χ3n) is 4.91. The lowest BCUT2D eigenvalue weighted by Crippen LogP contribution is -2.40. The fourth-order valence-corrected chi connectivity index (χ4v) is 4.00. The van der Waals surface area contributed by atoms with Gasteiger partial charge in [0.2, 0.25) is 10.0 Å². The number of ether oxygens (including phenoxy) is 1. The first-order valence-electron chi connectivity index (χ1n) is 9.18. The summed E-state index contributed by atoms with van der Waals surface area (Å²) in [5.74, 6) is 0. The predicted molar refractivity (Wildman–Crippen MR) is 101 cm³/mol. The third kappa shape index (κ3) is 8.60. The lowest BCUT2D eigenvalue weighted by Gasteiger charge is -2.33. The van der Waals surface area contributed by atoms with Crippen LogP contribution < -0.4 is 0 Å². The molecule has 0 bridgehead atoms. The largest absolute Gasteiger partial charge is 0.378 e. The summed E-state index contributed by atoms with van der Waals surface area (Å²) in [6.07, 6.45) is 12.1. The fraction of sp³-hybridized carbons (Fsp3) is 0.889. The molecule has 0 saturated heterocycles. The Labute approximate surface area is 149 Å². The van der Waals surface area contributed by atoms with Crippen LogP contribution in [0.15, 0.2) is 12.7 Å². The van der Waals surface area contributed by atoms with Crippen molar-refractivity contribution >= 4 is 10.0 Å². The molecule has 6 heteroatoms. The average Bonchev–Trinajstić information content (AvgIpc) is 2.53. The van der Waals surface area contributed by atoms with Crippen LogP contribution in [-0.2, 0) is 14.8 Å². The second-order valence-electron chi connectivity index (χ2n) is 7.05. The van der Waals surface area contributed by atoms with Crippen LogP contribution in [0, 0.1) is 0 Å². The van der Waals surface area contributed by atoms with Crippen LogP contribution in [0.25, 0.3) is 0 Å². The zero-order chi connectivity index (χ0) is 18.0. The van der Waals surface area contributed by atoms with Gasteiger partial charge in [0.25, 0.3) is 0 Å². The van der Waals surface area contributed by atoms with Gasteiger partial charge in [0.1, 0.15) is 0 Å². The van der Waals surface area contributed by atoms with E-state index in [1.54, 1.807) is 7.05 Å². The Morgan fingerprint density at radius 3 is 2.29 bits per heavy atom. The summed E-state index contributed by atoms with van der Waals surface area (Å²) in [5.41, 5.74) is 0. The molecule has 0 aliphatic heterocycles.